The van der Waals surface area contributed by atoms with Gasteiger partial charge in [0, 0.05) is 56.4 Å². The highest BCUT2D eigenvalue weighted by molar-refractivity contribution is 6.08. The van der Waals surface area contributed by atoms with E-state index in [9.17, 15) is 23.2 Å². The van der Waals surface area contributed by atoms with Crippen LogP contribution in [-0.4, -0.2) is 114 Å². The number of aromatic nitrogens is 7. The van der Waals surface area contributed by atoms with Crippen molar-refractivity contribution in [3.63, 3.8) is 0 Å². The second-order valence-corrected chi connectivity index (χ2v) is 18.2. The maximum atomic E-state index is 14.3. The van der Waals surface area contributed by atoms with Crippen LogP contribution in [0.2, 0.25) is 0 Å². The number of likely N-dealkylation sites (tertiary alicyclic amines) is 1. The Morgan fingerprint density at radius 3 is 2.61 bits per heavy atom. The number of carbonyl (C=O) groups is 3. The number of rotatable bonds is 11. The average molecular weight is 878 g/mol. The molecule has 4 aromatic heterocycles. The summed E-state index contributed by atoms with van der Waals surface area (Å²) in [6.45, 7) is 8.64. The highest BCUT2D eigenvalue weighted by Gasteiger charge is 2.40. The van der Waals surface area contributed by atoms with Crippen LogP contribution in [0.3, 0.4) is 0 Å². The highest BCUT2D eigenvalue weighted by Crippen LogP contribution is 2.37. The number of alkyl halides is 2. The van der Waals surface area contributed by atoms with Crippen molar-refractivity contribution in [2.45, 2.75) is 114 Å². The lowest BCUT2D eigenvalue weighted by Crippen LogP contribution is -2.40. The Bertz CT molecular complexity index is 2630. The molecule has 1 unspecified atom stereocenters. The van der Waals surface area contributed by atoms with Crippen molar-refractivity contribution in [1.82, 2.24) is 44.4 Å². The summed E-state index contributed by atoms with van der Waals surface area (Å²) in [4.78, 5) is 47.5. The minimum Gasteiger partial charge on any atom is -0.374 e. The van der Waals surface area contributed by atoms with Crippen LogP contribution in [-0.2, 0) is 19.1 Å². The predicted octanol–water partition coefficient (Wildman–Crippen LogP) is 5.81. The monoisotopic (exact) mass is 877 g/mol. The van der Waals surface area contributed by atoms with Gasteiger partial charge in [-0.15, -0.1) is 0 Å². The van der Waals surface area contributed by atoms with E-state index in [1.54, 1.807) is 17.1 Å². The Morgan fingerprint density at radius 1 is 1.05 bits per heavy atom. The number of piperidine rings is 2. The number of ether oxygens (including phenoxy) is 2. The Kier molecular flexibility index (Phi) is 11.6. The summed E-state index contributed by atoms with van der Waals surface area (Å²) in [6, 6.07) is 7.99. The van der Waals surface area contributed by atoms with E-state index in [1.165, 1.54) is 10.7 Å². The number of morpholine rings is 1. The molecule has 336 valence electrons. The lowest BCUT2D eigenvalue weighted by Gasteiger charge is -2.36. The van der Waals surface area contributed by atoms with Gasteiger partial charge in [-0.1, -0.05) is 24.0 Å². The molecule has 3 atom stereocenters. The summed E-state index contributed by atoms with van der Waals surface area (Å²) in [7, 11) is 0. The van der Waals surface area contributed by atoms with Gasteiger partial charge in [-0.3, -0.25) is 29.1 Å². The number of hydrogen-bond acceptors (Lipinski definition) is 11. The second kappa shape index (κ2) is 17.7. The van der Waals surface area contributed by atoms with Crippen molar-refractivity contribution in [3.8, 4) is 11.8 Å². The maximum absolute atomic E-state index is 14.3. The van der Waals surface area contributed by atoms with Gasteiger partial charge in [0.25, 0.3) is 12.3 Å². The lowest BCUT2D eigenvalue weighted by molar-refractivity contribution is -0.134. The van der Waals surface area contributed by atoms with Gasteiger partial charge in [-0.05, 0) is 83.3 Å². The number of amides is 3. The van der Waals surface area contributed by atoms with Crippen LogP contribution in [0.5, 0.6) is 0 Å². The van der Waals surface area contributed by atoms with Gasteiger partial charge in [0.05, 0.1) is 65.5 Å². The predicted molar refractivity (Wildman–Crippen MR) is 232 cm³/mol. The number of para-hydroxylation sites is 1. The van der Waals surface area contributed by atoms with Crippen LogP contribution in [0.4, 0.5) is 20.3 Å². The molecule has 2 bridgehead atoms. The van der Waals surface area contributed by atoms with Gasteiger partial charge in [-0.2, -0.15) is 15.3 Å². The third-order valence-corrected chi connectivity index (χ3v) is 13.7. The quantitative estimate of drug-likeness (QED) is 0.122. The van der Waals surface area contributed by atoms with Crippen LogP contribution in [0.1, 0.15) is 123 Å². The first kappa shape index (κ1) is 42.2. The van der Waals surface area contributed by atoms with Crippen molar-refractivity contribution >= 4 is 45.8 Å². The summed E-state index contributed by atoms with van der Waals surface area (Å²) in [5.74, 6) is 6.16. The molecule has 10 rings (SSSR count). The minimum absolute atomic E-state index is 0.000678. The minimum atomic E-state index is -2.86. The number of carbonyl (C=O) groups excluding carboxylic acids is 3. The first-order valence-corrected chi connectivity index (χ1v) is 22.6. The zero-order chi connectivity index (χ0) is 44.1. The fourth-order valence-electron chi connectivity index (χ4n) is 10.3. The molecular weight excluding hydrogens is 825 g/mol. The van der Waals surface area contributed by atoms with Crippen molar-refractivity contribution in [2.24, 2.45) is 5.92 Å². The summed E-state index contributed by atoms with van der Waals surface area (Å²) in [5, 5.41) is 19.5. The van der Waals surface area contributed by atoms with E-state index < -0.39 is 23.9 Å². The summed E-state index contributed by atoms with van der Waals surface area (Å²) >= 11 is 0. The number of anilines is 2. The number of benzene rings is 1. The molecule has 8 heterocycles. The highest BCUT2D eigenvalue weighted by atomic mass is 19.3. The number of halogens is 2. The fraction of sp³-hybridized carbons (Fsp3) is 0.543. The molecule has 5 aromatic rings. The zero-order valence-corrected chi connectivity index (χ0v) is 36.1. The third-order valence-electron chi connectivity index (χ3n) is 13.7. The Balaban J connectivity index is 0.702. The molecule has 18 heteroatoms. The lowest BCUT2D eigenvalue weighted by atomic mass is 9.85. The van der Waals surface area contributed by atoms with Crippen LogP contribution < -0.4 is 15.5 Å². The van der Waals surface area contributed by atoms with E-state index in [1.807, 2.05) is 42.8 Å². The number of hydrogen-bond donors (Lipinski definition) is 2. The van der Waals surface area contributed by atoms with Gasteiger partial charge in [0.2, 0.25) is 11.8 Å². The van der Waals surface area contributed by atoms with Gasteiger partial charge in [-0.25, -0.2) is 18.3 Å². The van der Waals surface area contributed by atoms with E-state index in [0.29, 0.717) is 43.3 Å². The zero-order valence-electron chi connectivity index (χ0n) is 36.1. The molecule has 1 saturated carbocycles. The van der Waals surface area contributed by atoms with Crippen molar-refractivity contribution in [1.29, 1.82) is 0 Å². The summed E-state index contributed by atoms with van der Waals surface area (Å²) < 4.78 is 45.6. The molecule has 2 N–H and O–H groups in total. The van der Waals surface area contributed by atoms with Crippen molar-refractivity contribution in [2.75, 3.05) is 49.6 Å². The molecule has 5 fully saturated rings. The topological polar surface area (TPSA) is 166 Å². The fourth-order valence-corrected chi connectivity index (χ4v) is 10.3. The van der Waals surface area contributed by atoms with E-state index in [-0.39, 0.29) is 53.4 Å². The molecular formula is C46H53F2N11O5. The largest absolute Gasteiger partial charge is 0.374 e. The van der Waals surface area contributed by atoms with Crippen LogP contribution in [0, 0.1) is 17.8 Å². The smallest absolute Gasteiger partial charge is 0.284 e. The van der Waals surface area contributed by atoms with Crippen LogP contribution >= 0.6 is 0 Å². The first-order valence-electron chi connectivity index (χ1n) is 22.6. The standard InChI is InChI=1S/C46H53F2N11O5/c1-27(2)59-42-29(5-3-7-34(42)40(54-59)35-12-13-39(60)52-45(35)61)6-4-20-63-32-14-17-55(18-15-32)23-28-8-10-30(11-9-28)58-25-37(41(53-58)43(47)48)50-46(62)36-22-49-57-19-16-38(51-44(36)57)56-24-33-21-31(56)26-64-33/h3,5,7,16,19,22,25,27-28,30-33,35,43H,8-15,17-18,20-21,23-24,26H2,1-2H3,(H,50,62)(H,52,60,61)/t28?,30?,31-,33-,35?/m1/s1. The van der Waals surface area contributed by atoms with Gasteiger partial charge >= 0.3 is 0 Å². The number of nitrogens with zero attached hydrogens (tertiary/aromatic N) is 9. The molecule has 16 nitrogen and oxygen atoms in total. The normalized spacial score (nSPS) is 24.3. The Hall–Kier alpha value is -5.77. The number of fused-ring (bicyclic) bond motifs is 4. The second-order valence-electron chi connectivity index (χ2n) is 18.2. The third kappa shape index (κ3) is 8.36. The van der Waals surface area contributed by atoms with Crippen molar-refractivity contribution < 1.29 is 32.6 Å². The van der Waals surface area contributed by atoms with E-state index >= 15 is 0 Å². The van der Waals surface area contributed by atoms with Crippen LogP contribution in [0.25, 0.3) is 16.6 Å². The van der Waals surface area contributed by atoms with Gasteiger partial charge < -0.3 is 24.6 Å². The molecule has 4 aliphatic heterocycles. The van der Waals surface area contributed by atoms with E-state index in [2.05, 4.69) is 42.5 Å². The first-order chi connectivity index (χ1) is 31.1. The molecule has 1 aromatic carbocycles. The van der Waals surface area contributed by atoms with Gasteiger partial charge in [0.15, 0.2) is 11.3 Å². The molecule has 64 heavy (non-hydrogen) atoms. The molecule has 0 radical (unpaired) electrons. The SMILES string of the molecule is CC(C)n1nc(C2CCC(=O)NC2=O)c2cccc(C#CCOC3CCN(CC4CCC(n5cc(NC(=O)c6cnn7ccc(N8C[C@H]9C[C@@H]8CO9)nc67)c(C(F)F)n5)CC4)CC3)c21. The molecule has 1 aliphatic carbocycles. The molecule has 0 spiro atoms. The molecule has 4 saturated heterocycles. The molecule has 3 amide bonds. The number of nitrogens with one attached hydrogen (secondary N) is 2. The molecule has 5 aliphatic rings. The average Bonchev–Trinajstić information content (AvgIpc) is 4.15. The van der Waals surface area contributed by atoms with E-state index in [4.69, 9.17) is 19.6 Å². The Labute approximate surface area is 369 Å². The van der Waals surface area contributed by atoms with Gasteiger partial charge in [0.1, 0.15) is 18.0 Å². The summed E-state index contributed by atoms with van der Waals surface area (Å²) in [5.41, 5.74) is 2.50. The van der Waals surface area contributed by atoms with Crippen LogP contribution in [0.15, 0.2) is 42.9 Å². The van der Waals surface area contributed by atoms with E-state index in [0.717, 1.165) is 93.4 Å². The summed E-state index contributed by atoms with van der Waals surface area (Å²) in [6.07, 6.45) is 9.23. The van der Waals surface area contributed by atoms with Crippen molar-refractivity contribution in [3.05, 3.63) is 65.4 Å². The Morgan fingerprint density at radius 2 is 1.88 bits per heavy atom. The number of imide groups is 1. The maximum Gasteiger partial charge on any atom is 0.284 e.